The number of nitrogens with one attached hydrogen (secondary N) is 1. The van der Waals surface area contributed by atoms with Gasteiger partial charge in [-0.05, 0) is 39.0 Å². The molecule has 0 aliphatic carbocycles. The third-order valence-electron chi connectivity index (χ3n) is 2.80. The normalized spacial score (nSPS) is 11.7. The number of nitrogens with zero attached hydrogens (tertiary/aromatic N) is 1. The van der Waals surface area contributed by atoms with Crippen molar-refractivity contribution in [3.63, 3.8) is 0 Å². The lowest BCUT2D eigenvalue weighted by molar-refractivity contribution is 0.0697. The molecule has 2 aromatic rings. The summed E-state index contributed by atoms with van der Waals surface area (Å²) < 4.78 is 1.37. The average Bonchev–Trinajstić information content (AvgIpc) is 2.28. The quantitative estimate of drug-likeness (QED) is 0.754. The van der Waals surface area contributed by atoms with Crippen LogP contribution in [0.2, 0.25) is 0 Å². The first-order chi connectivity index (χ1) is 8.71. The van der Waals surface area contributed by atoms with Crippen LogP contribution < -0.4 is 11.1 Å². The second-order valence-corrected chi connectivity index (χ2v) is 5.30. The Morgan fingerprint density at radius 3 is 2.42 bits per heavy atom. The molecule has 1 heterocycles. The Balaban J connectivity index is 2.96. The molecule has 100 valence electrons. The van der Waals surface area contributed by atoms with E-state index in [0.29, 0.717) is 11.0 Å². The standard InChI is InChI=1S/C13H14N2O4/c1-13(2,3)15-9-5-4-7(12(18)19)6-8(9)14-10(16)11(15)17/h4-6H,1-3H3,(H,14,16)(H,18,19). The summed E-state index contributed by atoms with van der Waals surface area (Å²) in [6.45, 7) is 5.41. The van der Waals surface area contributed by atoms with Crippen LogP contribution in [0.4, 0.5) is 0 Å². The van der Waals surface area contributed by atoms with Crippen LogP contribution in [0.25, 0.3) is 11.0 Å². The fourth-order valence-electron chi connectivity index (χ4n) is 2.02. The van der Waals surface area contributed by atoms with Crippen molar-refractivity contribution in [2.45, 2.75) is 26.3 Å². The van der Waals surface area contributed by atoms with Gasteiger partial charge in [-0.1, -0.05) is 0 Å². The third kappa shape index (κ3) is 2.16. The Hall–Kier alpha value is -2.37. The number of H-pyrrole nitrogens is 1. The van der Waals surface area contributed by atoms with Crippen LogP contribution in [-0.4, -0.2) is 20.6 Å². The summed E-state index contributed by atoms with van der Waals surface area (Å²) in [5.74, 6) is -1.09. The summed E-state index contributed by atoms with van der Waals surface area (Å²) >= 11 is 0. The molecule has 6 heteroatoms. The molecule has 0 bridgehead atoms. The molecule has 6 nitrogen and oxygen atoms in total. The number of carbonyl (C=O) groups is 1. The minimum absolute atomic E-state index is 0.0576. The van der Waals surface area contributed by atoms with Crippen molar-refractivity contribution in [1.82, 2.24) is 9.55 Å². The average molecular weight is 262 g/mol. The van der Waals surface area contributed by atoms with Crippen molar-refractivity contribution in [2.75, 3.05) is 0 Å². The molecule has 0 spiro atoms. The maximum Gasteiger partial charge on any atom is 0.335 e. The van der Waals surface area contributed by atoms with E-state index in [9.17, 15) is 14.4 Å². The summed E-state index contributed by atoms with van der Waals surface area (Å²) in [6.07, 6.45) is 0. The third-order valence-corrected chi connectivity index (χ3v) is 2.80. The maximum absolute atomic E-state index is 12.0. The summed E-state index contributed by atoms with van der Waals surface area (Å²) in [6, 6.07) is 4.28. The molecular formula is C13H14N2O4. The van der Waals surface area contributed by atoms with E-state index in [-0.39, 0.29) is 5.56 Å². The molecule has 0 radical (unpaired) electrons. The lowest BCUT2D eigenvalue weighted by Crippen LogP contribution is -2.43. The first kappa shape index (κ1) is 13.1. The number of benzene rings is 1. The highest BCUT2D eigenvalue weighted by molar-refractivity contribution is 5.92. The molecule has 1 aromatic heterocycles. The minimum Gasteiger partial charge on any atom is -0.478 e. The van der Waals surface area contributed by atoms with Gasteiger partial charge in [0, 0.05) is 5.54 Å². The minimum atomic E-state index is -1.09. The predicted octanol–water partition coefficient (Wildman–Crippen LogP) is 1.14. The molecule has 0 aliphatic heterocycles. The van der Waals surface area contributed by atoms with Gasteiger partial charge in [0.2, 0.25) is 0 Å². The van der Waals surface area contributed by atoms with Gasteiger partial charge in [-0.3, -0.25) is 14.2 Å². The van der Waals surface area contributed by atoms with Gasteiger partial charge in [-0.2, -0.15) is 0 Å². The van der Waals surface area contributed by atoms with Gasteiger partial charge in [0.25, 0.3) is 0 Å². The molecular weight excluding hydrogens is 248 g/mol. The molecule has 0 saturated heterocycles. The van der Waals surface area contributed by atoms with Crippen molar-refractivity contribution in [2.24, 2.45) is 0 Å². The lowest BCUT2D eigenvalue weighted by Gasteiger charge is -2.24. The Morgan fingerprint density at radius 2 is 1.89 bits per heavy atom. The van der Waals surface area contributed by atoms with Crippen molar-refractivity contribution in [3.8, 4) is 0 Å². The topological polar surface area (TPSA) is 92.2 Å². The number of fused-ring (bicyclic) bond motifs is 1. The zero-order chi connectivity index (χ0) is 14.4. The number of rotatable bonds is 1. The highest BCUT2D eigenvalue weighted by Crippen LogP contribution is 2.18. The molecule has 0 aliphatic rings. The monoisotopic (exact) mass is 262 g/mol. The smallest absolute Gasteiger partial charge is 0.335 e. The summed E-state index contributed by atoms with van der Waals surface area (Å²) in [5.41, 5.74) is -1.09. The molecule has 19 heavy (non-hydrogen) atoms. The largest absolute Gasteiger partial charge is 0.478 e. The van der Waals surface area contributed by atoms with Crippen molar-refractivity contribution >= 4 is 17.0 Å². The second kappa shape index (κ2) is 4.08. The van der Waals surface area contributed by atoms with Crippen LogP contribution in [-0.2, 0) is 5.54 Å². The Kier molecular flexibility index (Phi) is 2.81. The van der Waals surface area contributed by atoms with Crippen LogP contribution in [0, 0.1) is 0 Å². The van der Waals surface area contributed by atoms with Crippen molar-refractivity contribution in [1.29, 1.82) is 0 Å². The predicted molar refractivity (Wildman–Crippen MR) is 70.8 cm³/mol. The maximum atomic E-state index is 12.0. The van der Waals surface area contributed by atoms with E-state index in [0.717, 1.165) is 0 Å². The number of carboxylic acids is 1. The van der Waals surface area contributed by atoms with Crippen molar-refractivity contribution in [3.05, 3.63) is 44.5 Å². The van der Waals surface area contributed by atoms with Crippen LogP contribution in [0.5, 0.6) is 0 Å². The van der Waals surface area contributed by atoms with Gasteiger partial charge in [-0.15, -0.1) is 0 Å². The van der Waals surface area contributed by atoms with Crippen LogP contribution in [0.15, 0.2) is 27.8 Å². The molecule has 0 atom stereocenters. The molecule has 0 amide bonds. The van der Waals surface area contributed by atoms with Gasteiger partial charge in [0.1, 0.15) is 0 Å². The molecule has 0 unspecified atom stereocenters. The summed E-state index contributed by atoms with van der Waals surface area (Å²) in [7, 11) is 0. The van der Waals surface area contributed by atoms with Gasteiger partial charge in [0.05, 0.1) is 16.6 Å². The van der Waals surface area contributed by atoms with Gasteiger partial charge < -0.3 is 10.1 Å². The second-order valence-electron chi connectivity index (χ2n) is 5.30. The van der Waals surface area contributed by atoms with E-state index in [1.165, 1.54) is 22.8 Å². The number of hydrogen-bond donors (Lipinski definition) is 2. The van der Waals surface area contributed by atoms with E-state index in [1.54, 1.807) is 20.8 Å². The van der Waals surface area contributed by atoms with Crippen LogP contribution in [0.1, 0.15) is 31.1 Å². The first-order valence-corrected chi connectivity index (χ1v) is 5.74. The summed E-state index contributed by atoms with van der Waals surface area (Å²) in [5, 5.41) is 8.94. The SMILES string of the molecule is CC(C)(C)n1c(=O)c(=O)[nH]c2cc(C(=O)O)ccc21. The van der Waals surface area contributed by atoms with E-state index < -0.39 is 22.6 Å². The Morgan fingerprint density at radius 1 is 1.26 bits per heavy atom. The molecule has 2 N–H and O–H groups in total. The highest BCUT2D eigenvalue weighted by Gasteiger charge is 2.20. The van der Waals surface area contributed by atoms with E-state index >= 15 is 0 Å². The molecule has 0 saturated carbocycles. The molecule has 1 aromatic carbocycles. The zero-order valence-electron chi connectivity index (χ0n) is 10.9. The Labute approximate surface area is 108 Å². The number of hydrogen-bond acceptors (Lipinski definition) is 3. The molecule has 0 fully saturated rings. The molecule has 2 rings (SSSR count). The fourth-order valence-corrected chi connectivity index (χ4v) is 2.02. The van der Waals surface area contributed by atoms with E-state index in [4.69, 9.17) is 5.11 Å². The Bertz CT molecular complexity index is 778. The number of aromatic nitrogens is 2. The van der Waals surface area contributed by atoms with Crippen molar-refractivity contribution < 1.29 is 9.90 Å². The van der Waals surface area contributed by atoms with Gasteiger partial charge in [0.15, 0.2) is 0 Å². The van der Waals surface area contributed by atoms with E-state index in [2.05, 4.69) is 4.98 Å². The van der Waals surface area contributed by atoms with Crippen LogP contribution >= 0.6 is 0 Å². The lowest BCUT2D eigenvalue weighted by atomic mass is 10.1. The number of aromatic amines is 1. The highest BCUT2D eigenvalue weighted by atomic mass is 16.4. The summed E-state index contributed by atoms with van der Waals surface area (Å²) in [4.78, 5) is 36.9. The van der Waals surface area contributed by atoms with E-state index in [1.807, 2.05) is 0 Å². The fraction of sp³-hybridized carbons (Fsp3) is 0.308. The van der Waals surface area contributed by atoms with Gasteiger partial charge in [-0.25, -0.2) is 4.79 Å². The van der Waals surface area contributed by atoms with Gasteiger partial charge >= 0.3 is 17.1 Å². The number of carboxylic acid groups (broad SMARTS) is 1. The first-order valence-electron chi connectivity index (χ1n) is 5.74. The number of aromatic carboxylic acids is 1. The zero-order valence-corrected chi connectivity index (χ0v) is 10.9. The van der Waals surface area contributed by atoms with Crippen LogP contribution in [0.3, 0.4) is 0 Å².